The highest BCUT2D eigenvalue weighted by atomic mass is 14.2. The number of hydrogen-bond donors (Lipinski definition) is 0. The highest BCUT2D eigenvalue weighted by Crippen LogP contribution is 2.29. The molecule has 0 spiro atoms. The van der Waals surface area contributed by atoms with Gasteiger partial charge in [0.15, 0.2) is 0 Å². The Morgan fingerprint density at radius 3 is 0.667 bits per heavy atom. The highest BCUT2D eigenvalue weighted by molar-refractivity contribution is 6.06. The molecular weight excluding hydrogens is 865 g/mol. The lowest BCUT2D eigenvalue weighted by atomic mass is 9.85. The molecule has 0 amide bonds. The van der Waals surface area contributed by atoms with Crippen LogP contribution in [0.15, 0.2) is 121 Å². The van der Waals surface area contributed by atoms with E-state index in [1.54, 1.807) is 0 Å². The van der Waals surface area contributed by atoms with Crippen LogP contribution in [0.25, 0.3) is 32.7 Å². The third-order valence-corrected chi connectivity index (χ3v) is 13.2. The summed E-state index contributed by atoms with van der Waals surface area (Å²) >= 11 is 0. The van der Waals surface area contributed by atoms with Crippen LogP contribution in [0, 0.1) is 94.7 Å². The maximum atomic E-state index is 3.64. The van der Waals surface area contributed by atoms with E-state index in [1.807, 2.05) is 0 Å². The van der Waals surface area contributed by atoms with E-state index in [9.17, 15) is 0 Å². The average molecular weight is 921 g/mol. The first-order chi connectivity index (χ1) is 34.2. The zero-order chi connectivity index (χ0) is 51.0. The minimum absolute atomic E-state index is 0.0818. The Balaban J connectivity index is 1.43. The molecule has 0 atom stereocenters. The van der Waals surface area contributed by atoms with Crippen molar-refractivity contribution in [3.05, 3.63) is 199 Å². The molecule has 0 aromatic heterocycles. The Hall–Kier alpha value is -8.72. The number of hydrogen-bond acceptors (Lipinski definition) is 0. The molecule has 9 rings (SSSR count). The van der Waals surface area contributed by atoms with E-state index in [0.29, 0.717) is 11.1 Å². The molecule has 0 radical (unpaired) electrons. The fourth-order valence-electron chi connectivity index (χ4n) is 8.79. The monoisotopic (exact) mass is 920 g/mol. The van der Waals surface area contributed by atoms with Gasteiger partial charge in [0.1, 0.15) is 0 Å². The Morgan fingerprint density at radius 1 is 0.236 bits per heavy atom. The number of rotatable bonds is 0. The summed E-state index contributed by atoms with van der Waals surface area (Å²) in [7, 11) is 0. The summed E-state index contributed by atoms with van der Waals surface area (Å²) in [6, 6.07) is 42.6. The molecular formula is C72H56. The van der Waals surface area contributed by atoms with Crippen molar-refractivity contribution in [2.45, 2.75) is 105 Å². The van der Waals surface area contributed by atoms with Crippen molar-refractivity contribution in [1.82, 2.24) is 0 Å². The molecule has 0 fully saturated rings. The predicted octanol–water partition coefficient (Wildman–Crippen LogP) is 13.1. The van der Waals surface area contributed by atoms with Gasteiger partial charge in [-0.2, -0.15) is 0 Å². The van der Waals surface area contributed by atoms with Crippen molar-refractivity contribution < 1.29 is 0 Å². The smallest absolute Gasteiger partial charge is 0.0616 e. The summed E-state index contributed by atoms with van der Waals surface area (Å²) in [6.07, 6.45) is 0. The molecule has 72 heavy (non-hydrogen) atoms. The summed E-state index contributed by atoms with van der Waals surface area (Å²) in [4.78, 5) is 0. The van der Waals surface area contributed by atoms with Gasteiger partial charge in [-0.1, -0.05) is 227 Å². The van der Waals surface area contributed by atoms with E-state index in [-0.39, 0.29) is 21.7 Å². The molecule has 0 nitrogen and oxygen atoms in total. The van der Waals surface area contributed by atoms with Gasteiger partial charge in [-0.3, -0.25) is 0 Å². The van der Waals surface area contributed by atoms with E-state index in [2.05, 4.69) is 299 Å². The van der Waals surface area contributed by atoms with Crippen LogP contribution in [0.2, 0.25) is 0 Å². The van der Waals surface area contributed by atoms with E-state index in [1.165, 1.54) is 22.3 Å². The van der Waals surface area contributed by atoms with Crippen molar-refractivity contribution in [2.75, 3.05) is 0 Å². The quantitative estimate of drug-likeness (QED) is 0.105. The van der Waals surface area contributed by atoms with Gasteiger partial charge < -0.3 is 0 Å². The van der Waals surface area contributed by atoms with Crippen molar-refractivity contribution in [2.24, 2.45) is 0 Å². The van der Waals surface area contributed by atoms with Gasteiger partial charge in [0.2, 0.25) is 0 Å². The molecule has 0 heteroatoms. The van der Waals surface area contributed by atoms with Crippen molar-refractivity contribution >= 4 is 32.7 Å². The molecule has 0 N–H and O–H groups in total. The van der Waals surface area contributed by atoms with Gasteiger partial charge in [0.25, 0.3) is 0 Å². The van der Waals surface area contributed by atoms with Gasteiger partial charge in [-0.25, -0.2) is 0 Å². The number of benzene rings is 7. The summed E-state index contributed by atoms with van der Waals surface area (Å²) in [5.41, 5.74) is 12.4. The fourth-order valence-corrected chi connectivity index (χ4v) is 8.79. The van der Waals surface area contributed by atoms with Crippen molar-refractivity contribution in [1.29, 1.82) is 0 Å². The van der Waals surface area contributed by atoms with Crippen LogP contribution < -0.4 is 10.4 Å². The third-order valence-electron chi connectivity index (χ3n) is 13.2. The van der Waals surface area contributed by atoms with Crippen molar-refractivity contribution in [3.8, 4) is 94.7 Å². The van der Waals surface area contributed by atoms with E-state index >= 15 is 0 Å². The normalized spacial score (nSPS) is 12.7. The second-order valence-corrected chi connectivity index (χ2v) is 22.6. The highest BCUT2D eigenvalue weighted by Gasteiger charge is 2.19. The average Bonchev–Trinajstić information content (AvgIpc) is 3.35. The molecule has 7 aromatic carbocycles. The second-order valence-electron chi connectivity index (χ2n) is 22.6. The maximum absolute atomic E-state index is 3.64. The lowest BCUT2D eigenvalue weighted by Crippen LogP contribution is -2.18. The summed E-state index contributed by atoms with van der Waals surface area (Å²) in [5.74, 6) is 55.0. The van der Waals surface area contributed by atoms with E-state index in [4.69, 9.17) is 0 Å². The Labute approximate surface area is 428 Å². The summed E-state index contributed by atoms with van der Waals surface area (Å²) in [5, 5.41) is 5.83. The molecule has 0 bridgehead atoms. The van der Waals surface area contributed by atoms with Gasteiger partial charge in [-0.15, -0.1) is 0 Å². The Bertz CT molecular complexity index is 3610. The van der Waals surface area contributed by atoms with Crippen molar-refractivity contribution in [3.63, 3.8) is 0 Å². The zero-order valence-electron chi connectivity index (χ0n) is 43.5. The molecule has 7 aromatic rings. The molecule has 344 valence electrons. The first-order valence-electron chi connectivity index (χ1n) is 24.6. The van der Waals surface area contributed by atoms with Gasteiger partial charge in [-0.05, 0) is 138 Å². The maximum Gasteiger partial charge on any atom is 0.0836 e. The van der Waals surface area contributed by atoms with Crippen LogP contribution in [0.1, 0.15) is 150 Å². The second kappa shape index (κ2) is 18.9. The number of fused-ring (bicyclic) bond motifs is 6. The first kappa shape index (κ1) is 48.3. The topological polar surface area (TPSA) is 0 Å². The molecule has 2 aliphatic carbocycles. The molecule has 0 aliphatic heterocycles. The van der Waals surface area contributed by atoms with Crippen LogP contribution in [0.3, 0.4) is 0 Å². The lowest BCUT2D eigenvalue weighted by Gasteiger charge is -2.19. The first-order valence-corrected chi connectivity index (χ1v) is 24.6. The van der Waals surface area contributed by atoms with E-state index in [0.717, 1.165) is 76.5 Å². The van der Waals surface area contributed by atoms with Gasteiger partial charge in [0, 0.05) is 54.9 Å². The van der Waals surface area contributed by atoms with Gasteiger partial charge in [0.05, 0.1) is 11.1 Å². The molecule has 0 heterocycles. The largest absolute Gasteiger partial charge is 0.0836 e. The van der Waals surface area contributed by atoms with Crippen LogP contribution in [-0.2, 0) is 21.7 Å². The summed E-state index contributed by atoms with van der Waals surface area (Å²) < 4.78 is 0. The third kappa shape index (κ3) is 10.3. The Kier molecular flexibility index (Phi) is 12.7. The molecule has 2 aliphatic rings. The SMILES string of the molecule is CC(C)(C)c1ccc2c(c1)C#CC#Cc1cc(C(C)(C)C)ccc1C#CC(=c1c3ccccc3c(=C3C#Cc4ccc(C(C)(C)C)cc4C#CC#Cc4cc(C(C)(C)C)ccc4C#C3)c3ccccc13)C#C2. The van der Waals surface area contributed by atoms with Crippen LogP contribution in [-0.4, -0.2) is 0 Å². The standard InChI is InChI=1S/C72H56/c1-69(2,3)59-41-37-49-29-33-53(34-30-50-38-42-60(70(4,5)6)46-56(50)22-14-13-21-55(49)45-59)67-63-25-17-19-27-65(63)68(66-28-20-18-26-64(66)67)54-35-31-51-39-43-61(71(7,8)9)47-57(51)23-15-16-24-58-48-62(72(10,11)12)44-40-52(58)32-36-54/h17-20,25-28,37-48H,1-12H3. The lowest BCUT2D eigenvalue weighted by molar-refractivity contribution is 0.590. The van der Waals surface area contributed by atoms with E-state index < -0.39 is 0 Å². The zero-order valence-corrected chi connectivity index (χ0v) is 43.5. The molecule has 0 saturated carbocycles. The summed E-state index contributed by atoms with van der Waals surface area (Å²) in [6.45, 7) is 26.5. The van der Waals surface area contributed by atoms with Crippen LogP contribution >= 0.6 is 0 Å². The van der Waals surface area contributed by atoms with Crippen LogP contribution in [0.4, 0.5) is 0 Å². The molecule has 0 saturated heterocycles. The Morgan fingerprint density at radius 2 is 0.458 bits per heavy atom. The minimum atomic E-state index is -0.0818. The van der Waals surface area contributed by atoms with Crippen LogP contribution in [0.5, 0.6) is 0 Å². The van der Waals surface area contributed by atoms with Gasteiger partial charge >= 0.3 is 0 Å². The predicted molar refractivity (Wildman–Crippen MR) is 303 cm³/mol. The molecule has 0 unspecified atom stereocenters. The minimum Gasteiger partial charge on any atom is -0.0616 e. The fraction of sp³-hybridized carbons (Fsp3) is 0.222.